The van der Waals surface area contributed by atoms with Gasteiger partial charge in [-0.3, -0.25) is 9.59 Å². The summed E-state index contributed by atoms with van der Waals surface area (Å²) in [7, 11) is 0. The molecule has 0 saturated carbocycles. The van der Waals surface area contributed by atoms with E-state index in [9.17, 15) is 19.5 Å². The van der Waals surface area contributed by atoms with Crippen LogP contribution < -0.4 is 5.32 Å². The number of hydrogen-bond donors (Lipinski definition) is 3. The van der Waals surface area contributed by atoms with Crippen molar-refractivity contribution in [2.24, 2.45) is 0 Å². The Kier molecular flexibility index (Phi) is 6.16. The number of carbonyl (C=O) groups is 3. The van der Waals surface area contributed by atoms with Crippen LogP contribution in [-0.2, 0) is 11.2 Å². The number of hydrogen-bond acceptors (Lipinski definition) is 3. The first-order chi connectivity index (χ1) is 17.5. The van der Waals surface area contributed by atoms with Crippen molar-refractivity contribution in [2.45, 2.75) is 6.42 Å². The second-order valence-electron chi connectivity index (χ2n) is 8.44. The van der Waals surface area contributed by atoms with Crippen molar-refractivity contribution in [1.29, 1.82) is 0 Å². The molecule has 6 nitrogen and oxygen atoms in total. The minimum atomic E-state index is -0.963. The lowest BCUT2D eigenvalue weighted by atomic mass is 9.99. The molecule has 36 heavy (non-hydrogen) atoms. The number of amides is 1. The summed E-state index contributed by atoms with van der Waals surface area (Å²) in [5.74, 6) is -2.30. The Morgan fingerprint density at radius 2 is 1.44 bits per heavy atom. The van der Waals surface area contributed by atoms with Crippen LogP contribution in [0.15, 0.2) is 103 Å². The minimum absolute atomic E-state index is 0.269. The molecule has 1 aromatic heterocycles. The first-order valence-electron chi connectivity index (χ1n) is 11.4. The van der Waals surface area contributed by atoms with Gasteiger partial charge in [-0.1, -0.05) is 78.9 Å². The molecule has 0 aliphatic heterocycles. The van der Waals surface area contributed by atoms with Crippen LogP contribution in [0.25, 0.3) is 22.0 Å². The van der Waals surface area contributed by atoms with Gasteiger partial charge in [-0.05, 0) is 40.5 Å². The molecular formula is C30H22N2O4. The molecule has 4 aromatic carbocycles. The van der Waals surface area contributed by atoms with E-state index in [0.29, 0.717) is 23.2 Å². The molecule has 0 aliphatic rings. The smallest absolute Gasteiger partial charge is 0.335 e. The highest BCUT2D eigenvalue weighted by Crippen LogP contribution is 2.26. The molecule has 176 valence electrons. The topological polar surface area (TPSA) is 99.3 Å². The lowest BCUT2D eigenvalue weighted by molar-refractivity contribution is -0.112. The van der Waals surface area contributed by atoms with E-state index >= 15 is 0 Å². The van der Waals surface area contributed by atoms with Crippen molar-refractivity contribution in [3.8, 4) is 11.1 Å². The van der Waals surface area contributed by atoms with E-state index in [0.717, 1.165) is 27.6 Å². The molecule has 0 fully saturated rings. The van der Waals surface area contributed by atoms with Crippen LogP contribution in [0.3, 0.4) is 0 Å². The highest BCUT2D eigenvalue weighted by Gasteiger charge is 2.17. The number of fused-ring (bicyclic) bond motifs is 1. The Morgan fingerprint density at radius 1 is 0.750 bits per heavy atom. The standard InChI is InChI=1S/C30H22N2O4/c33-28(21-12-10-20(11-13-21)19-6-2-1-3-7-19)29(34)32-24-14-15-25-23(18-31-27(25)17-24)16-22-8-4-5-9-26(22)30(35)36/h1-15,17-18,31H,16H2,(H,32,34)(H,35,36). The third-order valence-corrected chi connectivity index (χ3v) is 6.11. The molecule has 0 unspecified atom stereocenters. The molecule has 1 heterocycles. The Labute approximate surface area is 207 Å². The summed E-state index contributed by atoms with van der Waals surface area (Å²) in [5.41, 5.74) is 5.49. The van der Waals surface area contributed by atoms with Gasteiger partial charge in [-0.15, -0.1) is 0 Å². The number of aromatic nitrogens is 1. The lowest BCUT2D eigenvalue weighted by Crippen LogP contribution is -2.22. The maximum Gasteiger partial charge on any atom is 0.335 e. The fraction of sp³-hybridized carbons (Fsp3) is 0.0333. The van der Waals surface area contributed by atoms with Crippen LogP contribution >= 0.6 is 0 Å². The molecular weight excluding hydrogens is 452 g/mol. The van der Waals surface area contributed by atoms with Gasteiger partial charge < -0.3 is 15.4 Å². The van der Waals surface area contributed by atoms with E-state index < -0.39 is 17.7 Å². The van der Waals surface area contributed by atoms with Gasteiger partial charge in [0.2, 0.25) is 0 Å². The minimum Gasteiger partial charge on any atom is -0.478 e. The zero-order chi connectivity index (χ0) is 25.1. The Hall–Kier alpha value is -4.97. The zero-order valence-electron chi connectivity index (χ0n) is 19.2. The maximum atomic E-state index is 12.7. The number of ketones is 1. The van der Waals surface area contributed by atoms with E-state index in [2.05, 4.69) is 10.3 Å². The molecule has 0 spiro atoms. The number of carboxylic acid groups (broad SMARTS) is 1. The molecule has 0 bridgehead atoms. The predicted molar refractivity (Wildman–Crippen MR) is 139 cm³/mol. The number of anilines is 1. The van der Waals surface area contributed by atoms with Gasteiger partial charge in [-0.25, -0.2) is 4.79 Å². The molecule has 5 rings (SSSR count). The van der Waals surface area contributed by atoms with Crippen molar-refractivity contribution in [2.75, 3.05) is 5.32 Å². The Morgan fingerprint density at radius 3 is 2.19 bits per heavy atom. The number of benzene rings is 4. The van der Waals surface area contributed by atoms with Crippen molar-refractivity contribution in [3.63, 3.8) is 0 Å². The molecule has 0 saturated heterocycles. The fourth-order valence-corrected chi connectivity index (χ4v) is 4.26. The largest absolute Gasteiger partial charge is 0.478 e. The highest BCUT2D eigenvalue weighted by molar-refractivity contribution is 6.46. The van der Waals surface area contributed by atoms with E-state index in [1.54, 1.807) is 42.5 Å². The number of Topliss-reactive ketones (excluding diaryl/α,β-unsaturated/α-hetero) is 1. The van der Waals surface area contributed by atoms with Crippen LogP contribution in [-0.4, -0.2) is 27.8 Å². The summed E-state index contributed by atoms with van der Waals surface area (Å²) in [5, 5.41) is 13.0. The van der Waals surface area contributed by atoms with Gasteiger partial charge in [0.25, 0.3) is 11.7 Å². The van der Waals surface area contributed by atoms with Crippen LogP contribution in [0.1, 0.15) is 31.8 Å². The van der Waals surface area contributed by atoms with Crippen molar-refractivity contribution in [1.82, 2.24) is 4.98 Å². The summed E-state index contributed by atoms with van der Waals surface area (Å²) in [6.07, 6.45) is 2.28. The van der Waals surface area contributed by atoms with E-state index in [-0.39, 0.29) is 5.56 Å². The van der Waals surface area contributed by atoms with Crippen LogP contribution in [0, 0.1) is 0 Å². The van der Waals surface area contributed by atoms with Gasteiger partial charge >= 0.3 is 5.97 Å². The number of aromatic carboxylic acids is 1. The van der Waals surface area contributed by atoms with Crippen molar-refractivity contribution >= 4 is 34.3 Å². The number of carbonyl (C=O) groups excluding carboxylic acids is 2. The van der Waals surface area contributed by atoms with Crippen molar-refractivity contribution < 1.29 is 19.5 Å². The Balaban J connectivity index is 1.30. The number of rotatable bonds is 7. The summed E-state index contributed by atoms with van der Waals surface area (Å²) >= 11 is 0. The molecule has 1 amide bonds. The molecule has 5 aromatic rings. The molecule has 0 aliphatic carbocycles. The summed E-state index contributed by atoms with van der Waals surface area (Å²) < 4.78 is 0. The number of carboxylic acids is 1. The van der Waals surface area contributed by atoms with Gasteiger partial charge in [0, 0.05) is 34.8 Å². The van der Waals surface area contributed by atoms with Crippen LogP contribution in [0.2, 0.25) is 0 Å². The Bertz CT molecular complexity index is 1580. The predicted octanol–water partition coefficient (Wildman–Crippen LogP) is 5.95. The molecule has 3 N–H and O–H groups in total. The lowest BCUT2D eigenvalue weighted by Gasteiger charge is -2.07. The first-order valence-corrected chi connectivity index (χ1v) is 11.4. The number of nitrogens with one attached hydrogen (secondary N) is 2. The average Bonchev–Trinajstić information content (AvgIpc) is 3.30. The van der Waals surface area contributed by atoms with E-state index in [4.69, 9.17) is 0 Å². The third-order valence-electron chi connectivity index (χ3n) is 6.11. The zero-order valence-corrected chi connectivity index (χ0v) is 19.2. The SMILES string of the molecule is O=C(Nc1ccc2c(Cc3ccccc3C(=O)O)c[nH]c2c1)C(=O)c1ccc(-c2ccccc2)cc1. The van der Waals surface area contributed by atoms with Crippen molar-refractivity contribution in [3.05, 3.63) is 126 Å². The van der Waals surface area contributed by atoms with Crippen LogP contribution in [0.5, 0.6) is 0 Å². The first kappa shape index (κ1) is 22.8. The summed E-state index contributed by atoms with van der Waals surface area (Å²) in [6, 6.07) is 29.0. The molecule has 0 radical (unpaired) electrons. The highest BCUT2D eigenvalue weighted by atomic mass is 16.4. The van der Waals surface area contributed by atoms with Gasteiger partial charge in [0.1, 0.15) is 0 Å². The molecule has 0 atom stereocenters. The second kappa shape index (κ2) is 9.72. The van der Waals surface area contributed by atoms with Crippen LogP contribution in [0.4, 0.5) is 5.69 Å². The average molecular weight is 475 g/mol. The monoisotopic (exact) mass is 474 g/mol. The third kappa shape index (κ3) is 4.65. The van der Waals surface area contributed by atoms with E-state index in [1.165, 1.54) is 0 Å². The van der Waals surface area contributed by atoms with Gasteiger partial charge in [0.05, 0.1) is 5.56 Å². The quantitative estimate of drug-likeness (QED) is 0.201. The molecule has 6 heteroatoms. The maximum absolute atomic E-state index is 12.7. The van der Waals surface area contributed by atoms with Gasteiger partial charge in [-0.2, -0.15) is 0 Å². The number of aromatic amines is 1. The number of H-pyrrole nitrogens is 1. The fourth-order valence-electron chi connectivity index (χ4n) is 4.26. The summed E-state index contributed by atoms with van der Waals surface area (Å²) in [4.78, 5) is 40.0. The summed E-state index contributed by atoms with van der Waals surface area (Å²) in [6.45, 7) is 0. The van der Waals surface area contributed by atoms with E-state index in [1.807, 2.05) is 60.8 Å². The van der Waals surface area contributed by atoms with Gasteiger partial charge in [0.15, 0.2) is 0 Å². The second-order valence-corrected chi connectivity index (χ2v) is 8.44. The normalized spacial score (nSPS) is 10.8.